The van der Waals surface area contributed by atoms with E-state index in [9.17, 15) is 9.28 Å². The first kappa shape index (κ1) is 16.3. The van der Waals surface area contributed by atoms with Crippen molar-refractivity contribution in [3.05, 3.63) is 54.1 Å². The van der Waals surface area contributed by atoms with E-state index in [2.05, 4.69) is 20.1 Å². The highest BCUT2D eigenvalue weighted by Crippen LogP contribution is 2.26. The van der Waals surface area contributed by atoms with Crippen LogP contribution in [0.15, 0.2) is 37.4 Å². The van der Waals surface area contributed by atoms with Crippen molar-refractivity contribution in [2.24, 2.45) is 0 Å². The zero-order chi connectivity index (χ0) is 15.1. The van der Waals surface area contributed by atoms with Crippen LogP contribution in [0, 0.1) is 0 Å². The smallest absolute Gasteiger partial charge is 0.140 e. The van der Waals surface area contributed by atoms with E-state index in [-0.39, 0.29) is 0 Å². The maximum Gasteiger partial charge on any atom is 0.140 e. The molecular formula is C17H22FNO. The molecule has 2 unspecified atom stereocenters. The molecule has 1 aromatic carbocycles. The molecule has 0 aliphatic heterocycles. The van der Waals surface area contributed by atoms with Crippen LogP contribution in [0.1, 0.15) is 36.0 Å². The highest BCUT2D eigenvalue weighted by atomic mass is 19.2. The second-order valence-electron chi connectivity index (χ2n) is 5.03. The molecule has 0 radical (unpaired) electrons. The van der Waals surface area contributed by atoms with Gasteiger partial charge in [-0.1, -0.05) is 43.9 Å². The fourth-order valence-electron chi connectivity index (χ4n) is 2.24. The lowest BCUT2D eigenvalue weighted by Gasteiger charge is -2.18. The third-order valence-electron chi connectivity index (χ3n) is 3.48. The zero-order valence-corrected chi connectivity index (χ0v) is 12.2. The maximum atomic E-state index is 13.1. The van der Waals surface area contributed by atoms with Crippen LogP contribution in [-0.2, 0) is 11.2 Å². The Morgan fingerprint density at radius 3 is 2.60 bits per heavy atom. The summed E-state index contributed by atoms with van der Waals surface area (Å²) in [7, 11) is 1.26. The van der Waals surface area contributed by atoms with Crippen molar-refractivity contribution >= 4 is 12.4 Å². The zero-order valence-electron chi connectivity index (χ0n) is 12.2. The van der Waals surface area contributed by atoms with Gasteiger partial charge >= 0.3 is 0 Å². The quantitative estimate of drug-likeness (QED) is 0.407. The molecule has 20 heavy (non-hydrogen) atoms. The number of carbonyl (C=O) groups is 1. The standard InChI is InChI=1S/C17H22FNO/c1-5-7-13(3)17-11-14(8-9-15(17)6-2)10-16(12-20)19(4)18/h5-6,8-9,11-13,16H,1-2,7,10H2,3-4H3. The van der Waals surface area contributed by atoms with Gasteiger partial charge in [0.2, 0.25) is 0 Å². The third kappa shape index (κ3) is 4.14. The molecule has 2 nitrogen and oxygen atoms in total. The van der Waals surface area contributed by atoms with Crippen molar-refractivity contribution in [3.8, 4) is 0 Å². The highest BCUT2D eigenvalue weighted by Gasteiger charge is 2.15. The van der Waals surface area contributed by atoms with Gasteiger partial charge in [0.05, 0.1) is 6.04 Å². The van der Waals surface area contributed by atoms with Crippen LogP contribution in [0.3, 0.4) is 0 Å². The van der Waals surface area contributed by atoms with E-state index in [1.54, 1.807) is 0 Å². The minimum Gasteiger partial charge on any atom is -0.302 e. The lowest BCUT2D eigenvalue weighted by Crippen LogP contribution is -2.28. The molecule has 0 aliphatic rings. The van der Waals surface area contributed by atoms with Crippen molar-refractivity contribution in [1.82, 2.24) is 5.12 Å². The molecular weight excluding hydrogens is 253 g/mol. The topological polar surface area (TPSA) is 20.3 Å². The number of hydrogen-bond acceptors (Lipinski definition) is 2. The van der Waals surface area contributed by atoms with E-state index in [1.807, 2.05) is 30.4 Å². The van der Waals surface area contributed by atoms with E-state index in [0.29, 0.717) is 23.7 Å². The maximum absolute atomic E-state index is 13.1. The van der Waals surface area contributed by atoms with Crippen molar-refractivity contribution in [1.29, 1.82) is 0 Å². The molecule has 0 fully saturated rings. The van der Waals surface area contributed by atoms with Crippen molar-refractivity contribution in [3.63, 3.8) is 0 Å². The molecule has 2 atom stereocenters. The molecule has 3 heteroatoms. The summed E-state index contributed by atoms with van der Waals surface area (Å²) in [5.41, 5.74) is 3.17. The summed E-state index contributed by atoms with van der Waals surface area (Å²) in [6.07, 6.45) is 5.56. The number of likely N-dealkylation sites (N-methyl/N-ethyl adjacent to an activating group) is 1. The van der Waals surface area contributed by atoms with E-state index in [1.165, 1.54) is 7.05 Å². The Kier molecular flexibility index (Phi) is 6.32. The average Bonchev–Trinajstić information content (AvgIpc) is 2.44. The van der Waals surface area contributed by atoms with Crippen molar-refractivity contribution < 1.29 is 9.28 Å². The molecule has 0 saturated heterocycles. The molecule has 108 valence electrons. The van der Waals surface area contributed by atoms with Crippen LogP contribution < -0.4 is 0 Å². The van der Waals surface area contributed by atoms with Gasteiger partial charge in [-0.25, -0.2) is 0 Å². The molecule has 1 rings (SSSR count). The molecule has 0 bridgehead atoms. The van der Waals surface area contributed by atoms with Gasteiger partial charge in [0.25, 0.3) is 0 Å². The second kappa shape index (κ2) is 7.75. The van der Waals surface area contributed by atoms with Crippen LogP contribution in [-0.4, -0.2) is 24.5 Å². The molecule has 0 spiro atoms. The van der Waals surface area contributed by atoms with E-state index in [0.717, 1.165) is 23.1 Å². The first-order valence-corrected chi connectivity index (χ1v) is 6.73. The van der Waals surface area contributed by atoms with Crippen LogP contribution >= 0.6 is 0 Å². The molecule has 0 N–H and O–H groups in total. The molecule has 1 aromatic rings. The lowest BCUT2D eigenvalue weighted by atomic mass is 9.90. The Morgan fingerprint density at radius 2 is 2.10 bits per heavy atom. The third-order valence-corrected chi connectivity index (χ3v) is 3.48. The summed E-state index contributed by atoms with van der Waals surface area (Å²) >= 11 is 0. The Morgan fingerprint density at radius 1 is 1.40 bits per heavy atom. The summed E-state index contributed by atoms with van der Waals surface area (Å²) in [6, 6.07) is 5.18. The summed E-state index contributed by atoms with van der Waals surface area (Å²) in [5.74, 6) is 0.318. The number of aldehydes is 1. The lowest BCUT2D eigenvalue weighted by molar-refractivity contribution is -0.117. The fourth-order valence-corrected chi connectivity index (χ4v) is 2.24. The normalized spacial score (nSPS) is 13.8. The first-order chi connectivity index (χ1) is 9.53. The summed E-state index contributed by atoms with van der Waals surface area (Å²) in [4.78, 5) is 10.9. The van der Waals surface area contributed by atoms with Crippen LogP contribution in [0.5, 0.6) is 0 Å². The molecule has 0 amide bonds. The predicted molar refractivity (Wildman–Crippen MR) is 82.2 cm³/mol. The first-order valence-electron chi connectivity index (χ1n) is 6.73. The summed E-state index contributed by atoms with van der Waals surface area (Å²) < 4.78 is 13.1. The second-order valence-corrected chi connectivity index (χ2v) is 5.03. The van der Waals surface area contributed by atoms with Gasteiger partial charge in [0.1, 0.15) is 6.29 Å². The van der Waals surface area contributed by atoms with Crippen LogP contribution in [0.2, 0.25) is 0 Å². The summed E-state index contributed by atoms with van der Waals surface area (Å²) in [5, 5.41) is 0.446. The summed E-state index contributed by atoms with van der Waals surface area (Å²) in [6.45, 7) is 9.70. The largest absolute Gasteiger partial charge is 0.302 e. The Hall–Kier alpha value is -1.74. The molecule has 0 saturated carbocycles. The number of carbonyl (C=O) groups excluding carboxylic acids is 1. The minimum atomic E-state index is -0.743. The van der Waals surface area contributed by atoms with Gasteiger partial charge in [-0.15, -0.1) is 16.2 Å². The fraction of sp³-hybridized carbons (Fsp3) is 0.353. The van der Waals surface area contributed by atoms with Gasteiger partial charge in [-0.05, 0) is 35.4 Å². The minimum absolute atomic E-state index is 0.318. The number of allylic oxidation sites excluding steroid dienone is 1. The number of benzene rings is 1. The van der Waals surface area contributed by atoms with Crippen LogP contribution in [0.4, 0.5) is 4.48 Å². The van der Waals surface area contributed by atoms with Gasteiger partial charge in [0, 0.05) is 7.05 Å². The van der Waals surface area contributed by atoms with E-state index in [4.69, 9.17) is 0 Å². The molecule has 0 heterocycles. The number of halogens is 1. The average molecular weight is 275 g/mol. The monoisotopic (exact) mass is 275 g/mol. The predicted octanol–water partition coefficient (Wildman–Crippen LogP) is 3.94. The van der Waals surface area contributed by atoms with E-state index >= 15 is 0 Å². The van der Waals surface area contributed by atoms with Crippen molar-refractivity contribution in [2.75, 3.05) is 7.05 Å². The Balaban J connectivity index is 3.05. The Bertz CT molecular complexity index is 482. The van der Waals surface area contributed by atoms with Crippen LogP contribution in [0.25, 0.3) is 6.08 Å². The van der Waals surface area contributed by atoms with Gasteiger partial charge < -0.3 is 4.79 Å². The van der Waals surface area contributed by atoms with Crippen molar-refractivity contribution in [2.45, 2.75) is 31.7 Å². The molecule has 0 aliphatic carbocycles. The van der Waals surface area contributed by atoms with Gasteiger partial charge in [-0.2, -0.15) is 0 Å². The highest BCUT2D eigenvalue weighted by molar-refractivity contribution is 5.59. The SMILES string of the molecule is C=CCC(C)c1cc(CC(C=O)N(C)F)ccc1C=C. The van der Waals surface area contributed by atoms with Gasteiger partial charge in [-0.3, -0.25) is 0 Å². The van der Waals surface area contributed by atoms with E-state index < -0.39 is 6.04 Å². The number of nitrogens with zero attached hydrogens (tertiary/aromatic N) is 1. The molecule has 0 aromatic heterocycles. The number of hydrogen-bond donors (Lipinski definition) is 0. The van der Waals surface area contributed by atoms with Gasteiger partial charge in [0.15, 0.2) is 0 Å². The number of rotatable bonds is 8. The Labute approximate surface area is 120 Å².